The number of amides is 1. The molecule has 1 amide bonds. The van der Waals surface area contributed by atoms with E-state index in [0.717, 1.165) is 69.3 Å². The van der Waals surface area contributed by atoms with Gasteiger partial charge in [-0.25, -0.2) is 8.42 Å². The zero-order valence-corrected chi connectivity index (χ0v) is 21.6. The number of carbonyl (C=O) groups is 1. The number of carbonyl (C=O) groups excluding carboxylic acids is 1. The van der Waals surface area contributed by atoms with Crippen molar-refractivity contribution < 1.29 is 17.9 Å². The molecule has 35 heavy (non-hydrogen) atoms. The van der Waals surface area contributed by atoms with Crippen molar-refractivity contribution >= 4 is 15.9 Å². The Labute approximate surface area is 210 Å². The predicted molar refractivity (Wildman–Crippen MR) is 138 cm³/mol. The summed E-state index contributed by atoms with van der Waals surface area (Å²) >= 11 is 0. The van der Waals surface area contributed by atoms with Gasteiger partial charge in [0, 0.05) is 32.6 Å². The number of nitrogens with zero attached hydrogens (tertiary/aromatic N) is 2. The fourth-order valence-electron chi connectivity index (χ4n) is 5.13. The molecule has 0 spiro atoms. The summed E-state index contributed by atoms with van der Waals surface area (Å²) in [5.74, 6) is 1.75. The highest BCUT2D eigenvalue weighted by Gasteiger charge is 2.26. The minimum Gasteiger partial charge on any atom is -0.497 e. The van der Waals surface area contributed by atoms with E-state index in [1.807, 2.05) is 29.2 Å². The van der Waals surface area contributed by atoms with Crippen LogP contribution in [-0.4, -0.2) is 56.8 Å². The highest BCUT2D eigenvalue weighted by molar-refractivity contribution is 7.89. The summed E-state index contributed by atoms with van der Waals surface area (Å²) in [5.41, 5.74) is 2.34. The van der Waals surface area contributed by atoms with Gasteiger partial charge >= 0.3 is 0 Å². The van der Waals surface area contributed by atoms with Gasteiger partial charge in [-0.1, -0.05) is 30.7 Å². The van der Waals surface area contributed by atoms with Crippen molar-refractivity contribution in [1.82, 2.24) is 9.21 Å². The maximum Gasteiger partial charge on any atom is 0.243 e. The second-order valence-electron chi connectivity index (χ2n) is 9.82. The number of aryl methyl sites for hydroxylation is 2. The van der Waals surface area contributed by atoms with E-state index >= 15 is 0 Å². The van der Waals surface area contributed by atoms with E-state index in [-0.39, 0.29) is 5.91 Å². The zero-order valence-electron chi connectivity index (χ0n) is 20.8. The zero-order chi connectivity index (χ0) is 24.7. The number of piperidine rings is 2. The van der Waals surface area contributed by atoms with Crippen molar-refractivity contribution in [2.45, 2.75) is 62.7 Å². The second-order valence-corrected chi connectivity index (χ2v) is 11.8. The standard InChI is InChI=1S/C28H38N2O4S/c1-34-26-12-7-23(8-13-26)5-6-25-17-21-29(22-18-25)28(31)16-11-24-9-14-27(15-10-24)35(32,33)30-19-3-2-4-20-30/h7-10,12-15,25H,2-6,11,16-22H2,1H3. The highest BCUT2D eigenvalue weighted by atomic mass is 32.2. The van der Waals surface area contributed by atoms with Gasteiger partial charge < -0.3 is 9.64 Å². The number of sulfonamides is 1. The van der Waals surface area contributed by atoms with Crippen molar-refractivity contribution in [1.29, 1.82) is 0 Å². The first-order valence-electron chi connectivity index (χ1n) is 13.0. The molecular weight excluding hydrogens is 460 g/mol. The lowest BCUT2D eigenvalue weighted by Crippen LogP contribution is -2.38. The lowest BCUT2D eigenvalue weighted by molar-refractivity contribution is -0.132. The molecule has 0 bridgehead atoms. The molecule has 0 saturated carbocycles. The molecule has 2 aliphatic heterocycles. The summed E-state index contributed by atoms with van der Waals surface area (Å²) in [5, 5.41) is 0. The van der Waals surface area contributed by atoms with Gasteiger partial charge in [0.25, 0.3) is 0 Å². The first-order chi connectivity index (χ1) is 17.0. The first-order valence-corrected chi connectivity index (χ1v) is 14.4. The Morgan fingerprint density at radius 1 is 0.857 bits per heavy atom. The van der Waals surface area contributed by atoms with Gasteiger partial charge in [0.05, 0.1) is 12.0 Å². The molecule has 2 aliphatic rings. The molecule has 2 aromatic carbocycles. The number of ether oxygens (including phenoxy) is 1. The number of hydrogen-bond acceptors (Lipinski definition) is 4. The average molecular weight is 499 g/mol. The Balaban J connectivity index is 1.19. The highest BCUT2D eigenvalue weighted by Crippen LogP contribution is 2.25. The van der Waals surface area contributed by atoms with Crippen LogP contribution in [0.25, 0.3) is 0 Å². The van der Waals surface area contributed by atoms with Crippen molar-refractivity contribution in [3.8, 4) is 5.75 Å². The number of likely N-dealkylation sites (tertiary alicyclic amines) is 1. The largest absolute Gasteiger partial charge is 0.497 e. The molecule has 0 atom stereocenters. The van der Waals surface area contributed by atoms with Crippen LogP contribution in [0.5, 0.6) is 5.75 Å². The van der Waals surface area contributed by atoms with Crippen LogP contribution in [0.15, 0.2) is 53.4 Å². The molecule has 0 unspecified atom stereocenters. The topological polar surface area (TPSA) is 66.9 Å². The molecule has 2 aromatic rings. The third-order valence-corrected chi connectivity index (χ3v) is 9.38. The summed E-state index contributed by atoms with van der Waals surface area (Å²) in [6.45, 7) is 2.88. The maximum absolute atomic E-state index is 12.8. The molecule has 0 N–H and O–H groups in total. The van der Waals surface area contributed by atoms with E-state index in [9.17, 15) is 13.2 Å². The van der Waals surface area contributed by atoms with Gasteiger partial charge in [-0.15, -0.1) is 0 Å². The van der Waals surface area contributed by atoms with Gasteiger partial charge in [-0.05, 0) is 86.3 Å². The van der Waals surface area contributed by atoms with E-state index < -0.39 is 10.0 Å². The molecular formula is C28H38N2O4S. The minimum absolute atomic E-state index is 0.198. The van der Waals surface area contributed by atoms with Crippen LogP contribution in [0.4, 0.5) is 0 Å². The summed E-state index contributed by atoms with van der Waals surface area (Å²) in [4.78, 5) is 15.1. The van der Waals surface area contributed by atoms with E-state index in [2.05, 4.69) is 12.1 Å². The summed E-state index contributed by atoms with van der Waals surface area (Å²) < 4.78 is 32.4. The fourth-order valence-corrected chi connectivity index (χ4v) is 6.64. The summed E-state index contributed by atoms with van der Waals surface area (Å²) in [6, 6.07) is 15.4. The molecule has 2 heterocycles. The summed E-state index contributed by atoms with van der Waals surface area (Å²) in [7, 11) is -1.72. The molecule has 0 radical (unpaired) electrons. The Kier molecular flexibility index (Phi) is 8.84. The monoisotopic (exact) mass is 498 g/mol. The van der Waals surface area contributed by atoms with Gasteiger partial charge in [-0.2, -0.15) is 4.31 Å². The number of hydrogen-bond donors (Lipinski definition) is 0. The molecule has 2 saturated heterocycles. The van der Waals surface area contributed by atoms with Crippen molar-refractivity contribution in [2.75, 3.05) is 33.3 Å². The number of benzene rings is 2. The van der Waals surface area contributed by atoms with Crippen LogP contribution in [0.2, 0.25) is 0 Å². The average Bonchev–Trinajstić information content (AvgIpc) is 2.92. The van der Waals surface area contributed by atoms with E-state index in [4.69, 9.17) is 4.74 Å². The van der Waals surface area contributed by atoms with Gasteiger partial charge in [-0.3, -0.25) is 4.79 Å². The third kappa shape index (κ3) is 6.85. The van der Waals surface area contributed by atoms with Crippen LogP contribution in [-0.2, 0) is 27.7 Å². The van der Waals surface area contributed by atoms with Crippen LogP contribution in [0.1, 0.15) is 56.1 Å². The number of rotatable bonds is 9. The molecule has 7 heteroatoms. The normalized spacial score (nSPS) is 17.9. The van der Waals surface area contributed by atoms with Crippen LogP contribution in [0, 0.1) is 5.92 Å². The fraction of sp³-hybridized carbons (Fsp3) is 0.536. The minimum atomic E-state index is -3.41. The predicted octanol–water partition coefficient (Wildman–Crippen LogP) is 4.67. The van der Waals surface area contributed by atoms with E-state index in [1.165, 1.54) is 5.56 Å². The van der Waals surface area contributed by atoms with Crippen LogP contribution < -0.4 is 4.74 Å². The van der Waals surface area contributed by atoms with Crippen molar-refractivity contribution in [2.24, 2.45) is 5.92 Å². The van der Waals surface area contributed by atoms with Crippen LogP contribution in [0.3, 0.4) is 0 Å². The van der Waals surface area contributed by atoms with Gasteiger partial charge in [0.15, 0.2) is 0 Å². The molecule has 2 fully saturated rings. The molecule has 6 nitrogen and oxygen atoms in total. The molecule has 190 valence electrons. The van der Waals surface area contributed by atoms with E-state index in [1.54, 1.807) is 23.5 Å². The maximum atomic E-state index is 12.8. The SMILES string of the molecule is COc1ccc(CCC2CCN(C(=O)CCc3ccc(S(=O)(=O)N4CCCCC4)cc3)CC2)cc1. The first kappa shape index (κ1) is 25.7. The quantitative estimate of drug-likeness (QED) is 0.504. The van der Waals surface area contributed by atoms with Crippen molar-refractivity contribution in [3.63, 3.8) is 0 Å². The number of methoxy groups -OCH3 is 1. The Morgan fingerprint density at radius 2 is 1.46 bits per heavy atom. The van der Waals surface area contributed by atoms with Crippen LogP contribution >= 0.6 is 0 Å². The third-order valence-electron chi connectivity index (χ3n) is 7.47. The second kappa shape index (κ2) is 12.0. The molecule has 0 aliphatic carbocycles. The van der Waals surface area contributed by atoms with Gasteiger partial charge in [0.2, 0.25) is 15.9 Å². The van der Waals surface area contributed by atoms with Gasteiger partial charge in [0.1, 0.15) is 5.75 Å². The van der Waals surface area contributed by atoms with E-state index in [0.29, 0.717) is 36.7 Å². The molecule has 4 rings (SSSR count). The Bertz CT molecular complexity index is 1050. The lowest BCUT2D eigenvalue weighted by Gasteiger charge is -2.32. The van der Waals surface area contributed by atoms with Crippen molar-refractivity contribution in [3.05, 3.63) is 59.7 Å². The summed E-state index contributed by atoms with van der Waals surface area (Å²) in [6.07, 6.45) is 8.40. The Hall–Kier alpha value is -2.38. The smallest absolute Gasteiger partial charge is 0.243 e. The Morgan fingerprint density at radius 3 is 2.09 bits per heavy atom. The molecule has 0 aromatic heterocycles. The lowest BCUT2D eigenvalue weighted by atomic mass is 9.90.